The molecular weight excluding hydrogens is 435 g/mol. The Labute approximate surface area is 185 Å². The lowest BCUT2D eigenvalue weighted by Gasteiger charge is -2.29. The summed E-state index contributed by atoms with van der Waals surface area (Å²) in [5.74, 6) is -0.317. The Bertz CT molecular complexity index is 1400. The fourth-order valence-corrected chi connectivity index (χ4v) is 4.53. The van der Waals surface area contributed by atoms with Crippen molar-refractivity contribution in [1.29, 1.82) is 0 Å². The van der Waals surface area contributed by atoms with E-state index in [-0.39, 0.29) is 28.9 Å². The highest BCUT2D eigenvalue weighted by molar-refractivity contribution is 5.93. The molecule has 1 aliphatic rings. The lowest BCUT2D eigenvalue weighted by Crippen LogP contribution is -2.38. The molecule has 1 fully saturated rings. The van der Waals surface area contributed by atoms with Crippen molar-refractivity contribution in [3.05, 3.63) is 76.1 Å². The monoisotopic (exact) mass is 455 g/mol. The predicted octanol–water partition coefficient (Wildman–Crippen LogP) is 4.05. The lowest BCUT2D eigenvalue weighted by atomic mass is 9.82. The number of halogens is 3. The largest absolute Gasteiger partial charge is 0.417 e. The van der Waals surface area contributed by atoms with E-state index in [2.05, 4.69) is 20.5 Å². The number of rotatable bonds is 3. The van der Waals surface area contributed by atoms with Crippen molar-refractivity contribution in [2.75, 3.05) is 0 Å². The number of amides is 1. The van der Waals surface area contributed by atoms with Gasteiger partial charge in [0.2, 0.25) is 0 Å². The summed E-state index contributed by atoms with van der Waals surface area (Å²) in [7, 11) is 0. The van der Waals surface area contributed by atoms with Crippen LogP contribution in [0.5, 0.6) is 0 Å². The van der Waals surface area contributed by atoms with Crippen molar-refractivity contribution in [2.45, 2.75) is 43.8 Å². The molecule has 5 rings (SSSR count). The van der Waals surface area contributed by atoms with Crippen molar-refractivity contribution in [2.24, 2.45) is 0 Å². The molecule has 10 heteroatoms. The Hall–Kier alpha value is -3.69. The average Bonchev–Trinajstić information content (AvgIpc) is 3.23. The lowest BCUT2D eigenvalue weighted by molar-refractivity contribution is -0.137. The van der Waals surface area contributed by atoms with Crippen molar-refractivity contribution in [1.82, 2.24) is 24.9 Å². The third kappa shape index (κ3) is 3.96. The maximum absolute atomic E-state index is 13.1. The molecule has 1 saturated carbocycles. The number of hydrogen-bond acceptors (Lipinski definition) is 4. The normalized spacial score (nSPS) is 19.1. The highest BCUT2D eigenvalue weighted by Crippen LogP contribution is 2.34. The van der Waals surface area contributed by atoms with E-state index in [1.807, 2.05) is 18.2 Å². The Morgan fingerprint density at radius 2 is 1.79 bits per heavy atom. The molecule has 0 radical (unpaired) electrons. The van der Waals surface area contributed by atoms with Crippen LogP contribution in [0.4, 0.5) is 13.2 Å². The summed E-state index contributed by atoms with van der Waals surface area (Å²) in [5.41, 5.74) is 0.107. The second-order valence-corrected chi connectivity index (χ2v) is 8.29. The SMILES string of the molecule is O=C(NC1CCC(c2n[nH]c(=O)c3ccccc23)CC1)c1cnc2ccc(C(F)(F)F)cn12. The Balaban J connectivity index is 1.30. The molecule has 33 heavy (non-hydrogen) atoms. The number of carbonyl (C=O) groups excluding carboxylic acids is 1. The summed E-state index contributed by atoms with van der Waals surface area (Å²) in [6.45, 7) is 0. The van der Waals surface area contributed by atoms with Crippen LogP contribution < -0.4 is 10.9 Å². The molecule has 3 aromatic heterocycles. The number of pyridine rings is 1. The number of H-pyrrole nitrogens is 1. The zero-order valence-electron chi connectivity index (χ0n) is 17.4. The second-order valence-electron chi connectivity index (χ2n) is 8.29. The molecule has 0 saturated heterocycles. The molecule has 1 aromatic carbocycles. The molecule has 170 valence electrons. The van der Waals surface area contributed by atoms with Gasteiger partial charge in [0.25, 0.3) is 11.5 Å². The molecule has 0 aliphatic heterocycles. The minimum Gasteiger partial charge on any atom is -0.348 e. The van der Waals surface area contributed by atoms with E-state index in [0.29, 0.717) is 18.2 Å². The first-order chi connectivity index (χ1) is 15.8. The Morgan fingerprint density at radius 3 is 2.52 bits per heavy atom. The van der Waals surface area contributed by atoms with Crippen LogP contribution in [0, 0.1) is 0 Å². The number of benzene rings is 1. The van der Waals surface area contributed by atoms with Gasteiger partial charge in [-0.1, -0.05) is 18.2 Å². The zero-order valence-corrected chi connectivity index (χ0v) is 17.4. The maximum Gasteiger partial charge on any atom is 0.417 e. The number of aromatic nitrogens is 4. The zero-order chi connectivity index (χ0) is 23.2. The first-order valence-corrected chi connectivity index (χ1v) is 10.6. The first-order valence-electron chi connectivity index (χ1n) is 10.6. The van der Waals surface area contributed by atoms with Gasteiger partial charge in [0.1, 0.15) is 11.3 Å². The van der Waals surface area contributed by atoms with Gasteiger partial charge in [-0.15, -0.1) is 0 Å². The molecule has 7 nitrogen and oxygen atoms in total. The van der Waals surface area contributed by atoms with E-state index >= 15 is 0 Å². The molecule has 4 aromatic rings. The van der Waals surface area contributed by atoms with Crippen LogP contribution in [-0.4, -0.2) is 31.5 Å². The smallest absolute Gasteiger partial charge is 0.348 e. The number of imidazole rings is 1. The van der Waals surface area contributed by atoms with Gasteiger partial charge in [-0.05, 0) is 43.9 Å². The van der Waals surface area contributed by atoms with E-state index in [4.69, 9.17) is 0 Å². The van der Waals surface area contributed by atoms with Gasteiger partial charge in [-0.3, -0.25) is 14.0 Å². The number of hydrogen-bond donors (Lipinski definition) is 2. The number of aromatic amines is 1. The molecule has 1 aliphatic carbocycles. The van der Waals surface area contributed by atoms with E-state index in [1.165, 1.54) is 16.7 Å². The van der Waals surface area contributed by atoms with Crippen molar-refractivity contribution < 1.29 is 18.0 Å². The third-order valence-electron chi connectivity index (χ3n) is 6.24. The molecule has 0 spiro atoms. The number of alkyl halides is 3. The summed E-state index contributed by atoms with van der Waals surface area (Å²) >= 11 is 0. The van der Waals surface area contributed by atoms with Crippen molar-refractivity contribution >= 4 is 22.3 Å². The molecule has 2 N–H and O–H groups in total. The molecular formula is C23H20F3N5O2. The fraction of sp³-hybridized carbons (Fsp3) is 0.304. The molecule has 0 atom stereocenters. The van der Waals surface area contributed by atoms with Crippen LogP contribution >= 0.6 is 0 Å². The van der Waals surface area contributed by atoms with Crippen molar-refractivity contribution in [3.8, 4) is 0 Å². The summed E-state index contributed by atoms with van der Waals surface area (Å²) in [6.07, 6.45) is 0.573. The molecule has 3 heterocycles. The van der Waals surface area contributed by atoms with E-state index in [9.17, 15) is 22.8 Å². The topological polar surface area (TPSA) is 92.1 Å². The summed E-state index contributed by atoms with van der Waals surface area (Å²) in [5, 5.41) is 11.2. The Morgan fingerprint density at radius 1 is 1.06 bits per heavy atom. The van der Waals surface area contributed by atoms with E-state index < -0.39 is 17.6 Å². The number of carbonyl (C=O) groups is 1. The quantitative estimate of drug-likeness (QED) is 0.488. The standard InChI is InChI=1S/C23H20F3N5O2/c24-23(25,26)14-7-10-19-27-11-18(31(19)12-14)22(33)28-15-8-5-13(6-9-15)20-16-3-1-2-4-17(16)21(32)30-29-20/h1-4,7,10-13,15H,5-6,8-9H2,(H,28,33)(H,30,32). The number of fused-ring (bicyclic) bond motifs is 2. The van der Waals surface area contributed by atoms with Gasteiger partial charge in [-0.2, -0.15) is 18.3 Å². The highest BCUT2D eigenvalue weighted by Gasteiger charge is 2.32. The van der Waals surface area contributed by atoms with Gasteiger partial charge in [0.05, 0.1) is 22.8 Å². The number of nitrogens with one attached hydrogen (secondary N) is 2. The van der Waals surface area contributed by atoms with E-state index in [1.54, 1.807) is 6.07 Å². The number of nitrogens with zero attached hydrogens (tertiary/aromatic N) is 3. The summed E-state index contributed by atoms with van der Waals surface area (Å²) in [6, 6.07) is 9.42. The summed E-state index contributed by atoms with van der Waals surface area (Å²) < 4.78 is 40.4. The van der Waals surface area contributed by atoms with Gasteiger partial charge < -0.3 is 5.32 Å². The van der Waals surface area contributed by atoms with Crippen molar-refractivity contribution in [3.63, 3.8) is 0 Å². The van der Waals surface area contributed by atoms with Crippen LogP contribution in [0.1, 0.15) is 53.3 Å². The highest BCUT2D eigenvalue weighted by atomic mass is 19.4. The molecule has 0 bridgehead atoms. The summed E-state index contributed by atoms with van der Waals surface area (Å²) in [4.78, 5) is 28.9. The minimum atomic E-state index is -4.51. The first kappa shape index (κ1) is 21.2. The third-order valence-corrected chi connectivity index (χ3v) is 6.24. The average molecular weight is 455 g/mol. The van der Waals surface area contributed by atoms with Crippen LogP contribution in [-0.2, 0) is 6.18 Å². The molecule has 0 unspecified atom stereocenters. The van der Waals surface area contributed by atoms with Crippen LogP contribution in [0.2, 0.25) is 0 Å². The fourth-order valence-electron chi connectivity index (χ4n) is 4.53. The van der Waals surface area contributed by atoms with Crippen LogP contribution in [0.25, 0.3) is 16.4 Å². The van der Waals surface area contributed by atoms with Gasteiger partial charge >= 0.3 is 6.18 Å². The van der Waals surface area contributed by atoms with E-state index in [0.717, 1.165) is 36.2 Å². The van der Waals surface area contributed by atoms with Crippen LogP contribution in [0.3, 0.4) is 0 Å². The van der Waals surface area contributed by atoms with Crippen LogP contribution in [0.15, 0.2) is 53.6 Å². The maximum atomic E-state index is 13.1. The van der Waals surface area contributed by atoms with Gasteiger partial charge in [-0.25, -0.2) is 10.1 Å². The van der Waals surface area contributed by atoms with Gasteiger partial charge in [0, 0.05) is 23.5 Å². The Kier molecular flexibility index (Phi) is 5.15. The second kappa shape index (κ2) is 8.02. The predicted molar refractivity (Wildman–Crippen MR) is 115 cm³/mol. The van der Waals surface area contributed by atoms with Gasteiger partial charge in [0.15, 0.2) is 0 Å². The minimum absolute atomic E-state index is 0.0616. The molecule has 1 amide bonds.